The number of rotatable bonds is 10. The van der Waals surface area contributed by atoms with Gasteiger partial charge in [0, 0.05) is 37.7 Å². The van der Waals surface area contributed by atoms with E-state index in [2.05, 4.69) is 25.7 Å². The van der Waals surface area contributed by atoms with E-state index < -0.39 is 6.61 Å². The molecule has 0 saturated carbocycles. The number of hydrogen-bond acceptors (Lipinski definition) is 5. The van der Waals surface area contributed by atoms with E-state index in [4.69, 9.17) is 9.47 Å². The van der Waals surface area contributed by atoms with Gasteiger partial charge in [0.05, 0.1) is 6.54 Å². The lowest BCUT2D eigenvalue weighted by Crippen LogP contribution is -2.39. The number of fused-ring (bicyclic) bond motifs is 1. The number of ether oxygens (including phenoxy) is 3. The Morgan fingerprint density at radius 1 is 1.17 bits per heavy atom. The number of alkyl halides is 2. The summed E-state index contributed by atoms with van der Waals surface area (Å²) in [6, 6.07) is 2.95. The Bertz CT molecular complexity index is 692. The van der Waals surface area contributed by atoms with Crippen LogP contribution in [0.15, 0.2) is 17.1 Å². The predicted molar refractivity (Wildman–Crippen MR) is 115 cm³/mol. The molecule has 0 radical (unpaired) electrons. The van der Waals surface area contributed by atoms with Gasteiger partial charge in [0.25, 0.3) is 0 Å². The summed E-state index contributed by atoms with van der Waals surface area (Å²) < 4.78 is 40.5. The van der Waals surface area contributed by atoms with Crippen molar-refractivity contribution in [3.63, 3.8) is 0 Å². The number of hydrogen-bond donors (Lipinski definition) is 3. The van der Waals surface area contributed by atoms with E-state index in [0.717, 1.165) is 6.42 Å². The van der Waals surface area contributed by atoms with Crippen LogP contribution in [-0.2, 0) is 11.3 Å². The molecule has 2 rings (SSSR count). The zero-order chi connectivity index (χ0) is 20.4. The molecule has 0 spiro atoms. The van der Waals surface area contributed by atoms with E-state index >= 15 is 0 Å². The van der Waals surface area contributed by atoms with Crippen molar-refractivity contribution in [2.75, 3.05) is 26.4 Å². The van der Waals surface area contributed by atoms with Crippen molar-refractivity contribution in [2.45, 2.75) is 39.8 Å². The number of benzene rings is 1. The van der Waals surface area contributed by atoms with Gasteiger partial charge in [-0.15, -0.1) is 24.0 Å². The van der Waals surface area contributed by atoms with Gasteiger partial charge in [-0.3, -0.25) is 4.79 Å². The first-order chi connectivity index (χ1) is 13.5. The van der Waals surface area contributed by atoms with Crippen LogP contribution in [0.4, 0.5) is 8.78 Å². The third-order valence-corrected chi connectivity index (χ3v) is 3.74. The van der Waals surface area contributed by atoms with Gasteiger partial charge >= 0.3 is 6.61 Å². The summed E-state index contributed by atoms with van der Waals surface area (Å²) in [6.45, 7) is 2.67. The summed E-state index contributed by atoms with van der Waals surface area (Å²) in [4.78, 5) is 16.0. The fraction of sp³-hybridized carbons (Fsp3) is 0.556. The number of halogens is 3. The number of aliphatic imine (C=N–C) groups is 1. The van der Waals surface area contributed by atoms with Gasteiger partial charge in [-0.05, 0) is 19.4 Å². The molecule has 1 aliphatic heterocycles. The smallest absolute Gasteiger partial charge is 0.387 e. The van der Waals surface area contributed by atoms with Gasteiger partial charge in [0.2, 0.25) is 12.7 Å². The van der Waals surface area contributed by atoms with Crippen molar-refractivity contribution < 1.29 is 27.8 Å². The molecule has 164 valence electrons. The zero-order valence-corrected chi connectivity index (χ0v) is 18.8. The lowest BCUT2D eigenvalue weighted by Gasteiger charge is -2.13. The van der Waals surface area contributed by atoms with Crippen molar-refractivity contribution in [2.24, 2.45) is 4.99 Å². The summed E-state index contributed by atoms with van der Waals surface area (Å²) in [5, 5.41) is 8.88. The maximum absolute atomic E-state index is 12.7. The molecule has 0 aromatic heterocycles. The van der Waals surface area contributed by atoms with Crippen LogP contribution in [0.3, 0.4) is 0 Å². The number of amides is 1. The first-order valence-electron chi connectivity index (χ1n) is 9.19. The molecular weight excluding hydrogens is 501 g/mol. The average Bonchev–Trinajstić information content (AvgIpc) is 3.11. The van der Waals surface area contributed by atoms with Crippen molar-refractivity contribution in [3.05, 3.63) is 17.7 Å². The van der Waals surface area contributed by atoms with E-state index in [-0.39, 0.29) is 49.0 Å². The largest absolute Gasteiger partial charge is 0.454 e. The van der Waals surface area contributed by atoms with Crippen LogP contribution in [-0.4, -0.2) is 44.9 Å². The molecule has 1 aromatic rings. The minimum absolute atomic E-state index is 0. The topological polar surface area (TPSA) is 93.2 Å². The normalized spacial score (nSPS) is 12.4. The summed E-state index contributed by atoms with van der Waals surface area (Å²) in [6.07, 6.45) is 1.18. The van der Waals surface area contributed by atoms with E-state index in [1.807, 2.05) is 13.8 Å². The van der Waals surface area contributed by atoms with E-state index in [1.54, 1.807) is 6.07 Å². The molecule has 1 amide bonds. The molecule has 1 aromatic carbocycles. The Morgan fingerprint density at radius 2 is 1.90 bits per heavy atom. The molecule has 0 atom stereocenters. The molecule has 1 heterocycles. The molecule has 1 aliphatic rings. The molecule has 29 heavy (non-hydrogen) atoms. The van der Waals surface area contributed by atoms with Crippen molar-refractivity contribution >= 4 is 35.8 Å². The fourth-order valence-corrected chi connectivity index (χ4v) is 2.45. The Morgan fingerprint density at radius 3 is 2.55 bits per heavy atom. The quantitative estimate of drug-likeness (QED) is 0.246. The first kappa shape index (κ1) is 25.0. The third kappa shape index (κ3) is 8.46. The highest BCUT2D eigenvalue weighted by Crippen LogP contribution is 2.38. The van der Waals surface area contributed by atoms with Crippen molar-refractivity contribution in [1.82, 2.24) is 16.0 Å². The third-order valence-electron chi connectivity index (χ3n) is 3.74. The number of nitrogens with zero attached hydrogens (tertiary/aromatic N) is 1. The van der Waals surface area contributed by atoms with Gasteiger partial charge in [-0.25, -0.2) is 4.99 Å². The summed E-state index contributed by atoms with van der Waals surface area (Å²) in [7, 11) is 0. The second kappa shape index (κ2) is 13.2. The molecule has 0 bridgehead atoms. The van der Waals surface area contributed by atoms with Gasteiger partial charge in [-0.2, -0.15) is 8.78 Å². The lowest BCUT2D eigenvalue weighted by molar-refractivity contribution is -0.120. The Hall–Kier alpha value is -2.05. The number of guanidine groups is 1. The molecule has 0 saturated heterocycles. The second-order valence-corrected chi connectivity index (χ2v) is 5.91. The highest BCUT2D eigenvalue weighted by Gasteiger charge is 2.20. The number of carbonyl (C=O) groups is 1. The molecule has 0 aliphatic carbocycles. The highest BCUT2D eigenvalue weighted by molar-refractivity contribution is 14.0. The summed E-state index contributed by atoms with van der Waals surface area (Å²) >= 11 is 0. The maximum atomic E-state index is 12.7. The SMILES string of the molecule is CCCNC(=O)CCNC(=NCc1cc2c(cc1OC(F)F)OCO2)NCC.I. The molecule has 0 fully saturated rings. The Labute approximate surface area is 185 Å². The average molecular weight is 528 g/mol. The van der Waals surface area contributed by atoms with Crippen LogP contribution in [0.5, 0.6) is 17.2 Å². The van der Waals surface area contributed by atoms with E-state index in [9.17, 15) is 13.6 Å². The summed E-state index contributed by atoms with van der Waals surface area (Å²) in [5.74, 6) is 1.21. The molecule has 11 heteroatoms. The molecule has 8 nitrogen and oxygen atoms in total. The minimum Gasteiger partial charge on any atom is -0.454 e. The fourth-order valence-electron chi connectivity index (χ4n) is 2.45. The highest BCUT2D eigenvalue weighted by atomic mass is 127. The second-order valence-electron chi connectivity index (χ2n) is 5.91. The van der Waals surface area contributed by atoms with Crippen LogP contribution in [0.1, 0.15) is 32.3 Å². The summed E-state index contributed by atoms with van der Waals surface area (Å²) in [5.41, 5.74) is 0.433. The van der Waals surface area contributed by atoms with Crippen LogP contribution in [0, 0.1) is 0 Å². The molecule has 3 N–H and O–H groups in total. The predicted octanol–water partition coefficient (Wildman–Crippen LogP) is 2.61. The van der Waals surface area contributed by atoms with Gasteiger partial charge < -0.3 is 30.2 Å². The van der Waals surface area contributed by atoms with Gasteiger partial charge in [0.15, 0.2) is 17.5 Å². The molecular formula is C18H27F2IN4O4. The van der Waals surface area contributed by atoms with Crippen LogP contribution in [0.2, 0.25) is 0 Å². The first-order valence-corrected chi connectivity index (χ1v) is 9.19. The van der Waals surface area contributed by atoms with Gasteiger partial charge in [-0.1, -0.05) is 6.92 Å². The van der Waals surface area contributed by atoms with Crippen LogP contribution < -0.4 is 30.2 Å². The Balaban J connectivity index is 0.00000420. The van der Waals surface area contributed by atoms with E-state index in [0.29, 0.717) is 49.1 Å². The standard InChI is InChI=1S/C18H26F2N4O4.HI/c1-3-6-22-16(25)5-7-23-18(21-4-2)24-10-12-8-14-15(27-11-26-14)9-13(12)28-17(19)20;/h8-9,17H,3-7,10-11H2,1-2H3,(H,22,25)(H2,21,23,24);1H. The molecule has 0 unspecified atom stereocenters. The number of nitrogens with one attached hydrogen (secondary N) is 3. The van der Waals surface area contributed by atoms with Crippen LogP contribution >= 0.6 is 24.0 Å². The minimum atomic E-state index is -2.96. The zero-order valence-electron chi connectivity index (χ0n) is 16.4. The van der Waals surface area contributed by atoms with Crippen LogP contribution in [0.25, 0.3) is 0 Å². The van der Waals surface area contributed by atoms with Crippen molar-refractivity contribution in [3.8, 4) is 17.2 Å². The number of carbonyl (C=O) groups excluding carboxylic acids is 1. The Kier molecular flexibility index (Phi) is 11.4. The van der Waals surface area contributed by atoms with Gasteiger partial charge in [0.1, 0.15) is 5.75 Å². The van der Waals surface area contributed by atoms with E-state index in [1.165, 1.54) is 6.07 Å². The lowest BCUT2D eigenvalue weighted by atomic mass is 10.1. The monoisotopic (exact) mass is 528 g/mol. The maximum Gasteiger partial charge on any atom is 0.387 e. The van der Waals surface area contributed by atoms with Crippen molar-refractivity contribution in [1.29, 1.82) is 0 Å².